The van der Waals surface area contributed by atoms with Gasteiger partial charge in [-0.25, -0.2) is 0 Å². The first-order chi connectivity index (χ1) is 25.8. The average Bonchev–Trinajstić information content (AvgIpc) is 3.13. The summed E-state index contributed by atoms with van der Waals surface area (Å²) < 4.78 is 0. The van der Waals surface area contributed by atoms with Crippen LogP contribution >= 0.6 is 34.2 Å². The number of hydrogen-bond donors (Lipinski definition) is 9. The van der Waals surface area contributed by atoms with Crippen molar-refractivity contribution < 1.29 is 33.6 Å². The molecule has 18 heteroatoms. The summed E-state index contributed by atoms with van der Waals surface area (Å²) in [4.78, 5) is 91.6. The predicted molar refractivity (Wildman–Crippen MR) is 213 cm³/mol. The SMILES string of the molecule is CC(C)C[C@H](NC(=O)CNC(=O)[C@H](Cc1ccccc1)NC(=O)[C@@H](Cc1ccccc1)NC(=O)[C@@H]1CSSC[C@@H](N)C(=O)N1)C(=O)N[C@@H](CCS)C(N)=O. The summed E-state index contributed by atoms with van der Waals surface area (Å²) in [5.74, 6) is -3.50. The van der Waals surface area contributed by atoms with Gasteiger partial charge in [-0.1, -0.05) is 96.1 Å². The number of rotatable bonds is 19. The summed E-state index contributed by atoms with van der Waals surface area (Å²) in [6.45, 7) is 3.19. The molecule has 294 valence electrons. The minimum Gasteiger partial charge on any atom is -0.368 e. The fraction of sp³-hybridized carbons (Fsp3) is 0.472. The van der Waals surface area contributed by atoms with Gasteiger partial charge in [0.25, 0.3) is 0 Å². The Bertz CT molecular complexity index is 1590. The second kappa shape index (κ2) is 22.8. The van der Waals surface area contributed by atoms with E-state index in [1.54, 1.807) is 54.6 Å². The lowest BCUT2D eigenvalue weighted by atomic mass is 10.0. The van der Waals surface area contributed by atoms with Crippen molar-refractivity contribution >= 4 is 75.6 Å². The summed E-state index contributed by atoms with van der Waals surface area (Å²) in [5.41, 5.74) is 12.8. The maximum Gasteiger partial charge on any atom is 0.244 e. The van der Waals surface area contributed by atoms with Gasteiger partial charge in [0, 0.05) is 24.3 Å². The van der Waals surface area contributed by atoms with Gasteiger partial charge >= 0.3 is 0 Å². The van der Waals surface area contributed by atoms with E-state index in [1.807, 2.05) is 19.9 Å². The molecule has 0 aromatic heterocycles. The Kier molecular flexibility index (Phi) is 18.7. The molecule has 54 heavy (non-hydrogen) atoms. The monoisotopic (exact) mass is 802 g/mol. The zero-order valence-electron chi connectivity index (χ0n) is 30.2. The van der Waals surface area contributed by atoms with Gasteiger partial charge in [-0.05, 0) is 35.6 Å². The standard InChI is InChI=1S/C36H50N8O7S3/c1-21(2)15-26(34(49)41-25(13-14-52)31(38)46)40-30(45)18-39-33(48)27(16-22-9-5-3-6-10-22)42-35(50)28(17-23-11-7-4-8-12-23)43-36(51)29-20-54-53-19-24(37)32(47)44-29/h3-12,21,24-29,52H,13-20,37H2,1-2H3,(H2,38,46)(H,39,48)(H,40,45)(H,41,49)(H,42,50)(H,43,51)(H,44,47)/t24-,25+,26+,27+,28-,29+/m1/s1. The number of hydrogen-bond acceptors (Lipinski definition) is 11. The predicted octanol–water partition coefficient (Wildman–Crippen LogP) is -0.414. The van der Waals surface area contributed by atoms with E-state index in [2.05, 4.69) is 44.5 Å². The molecule has 1 heterocycles. The van der Waals surface area contributed by atoms with E-state index in [1.165, 1.54) is 21.6 Å². The number of amides is 7. The number of benzene rings is 2. The van der Waals surface area contributed by atoms with Crippen molar-refractivity contribution in [3.05, 3.63) is 71.8 Å². The highest BCUT2D eigenvalue weighted by molar-refractivity contribution is 8.76. The normalized spacial score (nSPS) is 18.0. The van der Waals surface area contributed by atoms with Gasteiger partial charge in [0.2, 0.25) is 41.4 Å². The van der Waals surface area contributed by atoms with Gasteiger partial charge < -0.3 is 43.4 Å². The van der Waals surface area contributed by atoms with Gasteiger partial charge in [-0.2, -0.15) is 12.6 Å². The van der Waals surface area contributed by atoms with Crippen molar-refractivity contribution in [2.75, 3.05) is 23.8 Å². The smallest absolute Gasteiger partial charge is 0.244 e. The number of carbonyl (C=O) groups is 7. The summed E-state index contributed by atoms with van der Waals surface area (Å²) in [7, 11) is 2.76. The van der Waals surface area contributed by atoms with Crippen LogP contribution in [0.25, 0.3) is 0 Å². The van der Waals surface area contributed by atoms with E-state index in [0.29, 0.717) is 17.1 Å². The molecule has 2 aromatic rings. The first-order valence-corrected chi connectivity index (χ1v) is 20.7. The molecule has 0 aliphatic carbocycles. The van der Waals surface area contributed by atoms with E-state index in [0.717, 1.165) is 5.56 Å². The van der Waals surface area contributed by atoms with Crippen LogP contribution in [0.1, 0.15) is 37.8 Å². The zero-order valence-corrected chi connectivity index (χ0v) is 32.8. The molecular weight excluding hydrogens is 753 g/mol. The first kappa shape index (κ1) is 44.1. The molecule has 0 saturated carbocycles. The molecule has 1 saturated heterocycles. The largest absolute Gasteiger partial charge is 0.368 e. The third-order valence-corrected chi connectivity index (χ3v) is 10.9. The Labute approximate surface area is 328 Å². The highest BCUT2D eigenvalue weighted by Gasteiger charge is 2.32. The molecule has 0 bridgehead atoms. The third kappa shape index (κ3) is 15.2. The molecule has 2 aromatic carbocycles. The summed E-state index contributed by atoms with van der Waals surface area (Å²) in [6, 6.07) is 11.8. The summed E-state index contributed by atoms with van der Waals surface area (Å²) >= 11 is 4.10. The topological polar surface area (TPSA) is 244 Å². The van der Waals surface area contributed by atoms with E-state index in [9.17, 15) is 33.6 Å². The van der Waals surface area contributed by atoms with Crippen LogP contribution in [0, 0.1) is 5.92 Å². The number of primary amides is 1. The zero-order chi connectivity index (χ0) is 39.6. The molecule has 10 N–H and O–H groups in total. The first-order valence-electron chi connectivity index (χ1n) is 17.5. The molecule has 15 nitrogen and oxygen atoms in total. The Morgan fingerprint density at radius 1 is 0.778 bits per heavy atom. The van der Waals surface area contributed by atoms with E-state index >= 15 is 0 Å². The van der Waals surface area contributed by atoms with Crippen molar-refractivity contribution in [1.82, 2.24) is 31.9 Å². The molecule has 0 radical (unpaired) electrons. The molecule has 0 unspecified atom stereocenters. The fourth-order valence-electron chi connectivity index (χ4n) is 5.36. The van der Waals surface area contributed by atoms with Crippen LogP contribution in [0.3, 0.4) is 0 Å². The Hall–Kier alpha value is -4.26. The molecule has 0 spiro atoms. The fourth-order valence-corrected chi connectivity index (χ4v) is 7.91. The number of thiol groups is 1. The van der Waals surface area contributed by atoms with E-state index < -0.39 is 84.1 Å². The lowest BCUT2D eigenvalue weighted by molar-refractivity contribution is -0.134. The third-order valence-electron chi connectivity index (χ3n) is 8.23. The van der Waals surface area contributed by atoms with Crippen LogP contribution in [0.5, 0.6) is 0 Å². The summed E-state index contributed by atoms with van der Waals surface area (Å²) in [6.07, 6.45) is 0.575. The van der Waals surface area contributed by atoms with Gasteiger partial charge in [0.1, 0.15) is 30.2 Å². The number of nitrogens with two attached hydrogens (primary N) is 2. The highest BCUT2D eigenvalue weighted by Crippen LogP contribution is 2.24. The van der Waals surface area contributed by atoms with Gasteiger partial charge in [-0.3, -0.25) is 33.6 Å². The minimum atomic E-state index is -1.18. The maximum absolute atomic E-state index is 14.0. The van der Waals surface area contributed by atoms with Crippen LogP contribution < -0.4 is 43.4 Å². The Balaban J connectivity index is 1.77. The lowest BCUT2D eigenvalue weighted by Gasteiger charge is -2.27. The van der Waals surface area contributed by atoms with Crippen LogP contribution in [-0.2, 0) is 46.4 Å². The molecule has 3 rings (SSSR count). The van der Waals surface area contributed by atoms with E-state index in [-0.39, 0.29) is 37.4 Å². The van der Waals surface area contributed by atoms with Crippen molar-refractivity contribution in [3.63, 3.8) is 0 Å². The maximum atomic E-state index is 14.0. The van der Waals surface area contributed by atoms with Gasteiger partial charge in [-0.15, -0.1) is 0 Å². The number of carbonyl (C=O) groups excluding carboxylic acids is 7. The second-order valence-electron chi connectivity index (χ2n) is 13.2. The molecular formula is C36H50N8O7S3. The van der Waals surface area contributed by atoms with E-state index in [4.69, 9.17) is 11.5 Å². The van der Waals surface area contributed by atoms with Crippen LogP contribution in [-0.4, -0.2) is 101 Å². The Morgan fingerprint density at radius 3 is 1.87 bits per heavy atom. The van der Waals surface area contributed by atoms with Crippen molar-refractivity contribution in [2.24, 2.45) is 17.4 Å². The van der Waals surface area contributed by atoms with Crippen molar-refractivity contribution in [1.29, 1.82) is 0 Å². The molecule has 1 fully saturated rings. The second-order valence-corrected chi connectivity index (χ2v) is 16.2. The molecule has 7 amide bonds. The molecule has 6 atom stereocenters. The highest BCUT2D eigenvalue weighted by atomic mass is 33.1. The molecule has 1 aliphatic heterocycles. The van der Waals surface area contributed by atoms with Gasteiger partial charge in [0.05, 0.1) is 12.6 Å². The van der Waals surface area contributed by atoms with Crippen LogP contribution in [0.4, 0.5) is 0 Å². The van der Waals surface area contributed by atoms with Gasteiger partial charge in [0.15, 0.2) is 0 Å². The van der Waals surface area contributed by atoms with Crippen LogP contribution in [0.15, 0.2) is 60.7 Å². The lowest BCUT2D eigenvalue weighted by Crippen LogP contribution is -2.59. The van der Waals surface area contributed by atoms with Crippen LogP contribution in [0.2, 0.25) is 0 Å². The Morgan fingerprint density at radius 2 is 1.31 bits per heavy atom. The molecule has 1 aliphatic rings. The number of nitrogens with one attached hydrogen (secondary N) is 6. The van der Waals surface area contributed by atoms with Crippen molar-refractivity contribution in [2.45, 2.75) is 75.8 Å². The summed E-state index contributed by atoms with van der Waals surface area (Å²) in [5, 5.41) is 15.9. The average molecular weight is 803 g/mol. The van der Waals surface area contributed by atoms with Crippen molar-refractivity contribution in [3.8, 4) is 0 Å². The quantitative estimate of drug-likeness (QED) is 0.0657. The minimum absolute atomic E-state index is 0.0131.